The summed E-state index contributed by atoms with van der Waals surface area (Å²) in [4.78, 5) is 23.2. The Morgan fingerprint density at radius 1 is 1.45 bits per heavy atom. The van der Waals surface area contributed by atoms with E-state index in [1.54, 1.807) is 13.3 Å². The number of ether oxygens (including phenoxy) is 1. The van der Waals surface area contributed by atoms with Crippen LogP contribution in [0.5, 0.6) is 5.75 Å². The van der Waals surface area contributed by atoms with Crippen molar-refractivity contribution >= 4 is 28.5 Å². The van der Waals surface area contributed by atoms with Gasteiger partial charge in [0.05, 0.1) is 36.2 Å². The monoisotopic (exact) mass is 412 g/mol. The van der Waals surface area contributed by atoms with Crippen LogP contribution in [0.2, 0.25) is 5.02 Å². The third-order valence-corrected chi connectivity index (χ3v) is 6.81. The predicted octanol–water partition coefficient (Wildman–Crippen LogP) is 4.57. The first kappa shape index (κ1) is 19.8. The molecule has 0 radical (unpaired) electrons. The molecule has 7 heteroatoms. The van der Waals surface area contributed by atoms with Gasteiger partial charge in [0.1, 0.15) is 5.65 Å². The fourth-order valence-electron chi connectivity index (χ4n) is 4.93. The maximum atomic E-state index is 13.6. The van der Waals surface area contributed by atoms with Gasteiger partial charge in [-0.25, -0.2) is 4.98 Å². The lowest BCUT2D eigenvalue weighted by molar-refractivity contribution is -0.141. The van der Waals surface area contributed by atoms with Crippen molar-refractivity contribution in [3.05, 3.63) is 34.6 Å². The highest BCUT2D eigenvalue weighted by Crippen LogP contribution is 2.42. The van der Waals surface area contributed by atoms with Gasteiger partial charge in [0.15, 0.2) is 5.75 Å². The van der Waals surface area contributed by atoms with E-state index in [9.17, 15) is 10.1 Å². The molecular weight excluding hydrogens is 388 g/mol. The number of nitriles is 1. The Balaban J connectivity index is 1.68. The number of fused-ring (bicyclic) bond motifs is 3. The molecule has 3 unspecified atom stereocenters. The lowest BCUT2D eigenvalue weighted by atomic mass is 9.76. The zero-order valence-corrected chi connectivity index (χ0v) is 17.7. The Morgan fingerprint density at radius 3 is 2.72 bits per heavy atom. The van der Waals surface area contributed by atoms with E-state index < -0.39 is 0 Å². The number of aromatic amines is 1. The summed E-state index contributed by atoms with van der Waals surface area (Å²) in [5.74, 6) is 0.236. The molecule has 2 aromatic heterocycles. The van der Waals surface area contributed by atoms with E-state index in [4.69, 9.17) is 16.3 Å². The molecule has 0 spiro atoms. The van der Waals surface area contributed by atoms with Crippen LogP contribution in [0, 0.1) is 17.2 Å². The van der Waals surface area contributed by atoms with Crippen LogP contribution in [0.4, 0.5) is 0 Å². The molecule has 0 saturated carbocycles. The van der Waals surface area contributed by atoms with Gasteiger partial charge in [0.2, 0.25) is 5.91 Å². The maximum absolute atomic E-state index is 13.6. The van der Waals surface area contributed by atoms with E-state index >= 15 is 0 Å². The van der Waals surface area contributed by atoms with Gasteiger partial charge in [0, 0.05) is 23.7 Å². The highest BCUT2D eigenvalue weighted by atomic mass is 35.5. The van der Waals surface area contributed by atoms with Crippen LogP contribution in [0.25, 0.3) is 11.0 Å². The molecule has 2 aliphatic rings. The summed E-state index contributed by atoms with van der Waals surface area (Å²) in [6.07, 6.45) is 8.75. The number of pyridine rings is 1. The maximum Gasteiger partial charge on any atom is 0.230 e. The number of allylic oxidation sites excluding steroid dienone is 1. The number of carbonyl (C=O) groups is 1. The van der Waals surface area contributed by atoms with Crippen molar-refractivity contribution < 1.29 is 9.53 Å². The number of piperidine rings is 2. The first-order valence-corrected chi connectivity index (χ1v) is 10.4. The van der Waals surface area contributed by atoms with Crippen molar-refractivity contribution in [2.75, 3.05) is 7.11 Å². The SMILES string of the molecule is CC=C1CC2CC(C#N)CC(C1)N2C(=O)C(C)c1c[nH]c2ncc(OC)c(Cl)c12. The van der Waals surface area contributed by atoms with Crippen molar-refractivity contribution in [1.82, 2.24) is 14.9 Å². The fourth-order valence-corrected chi connectivity index (χ4v) is 5.26. The summed E-state index contributed by atoms with van der Waals surface area (Å²) >= 11 is 6.54. The summed E-state index contributed by atoms with van der Waals surface area (Å²) in [6.45, 7) is 3.98. The number of hydrogen-bond donors (Lipinski definition) is 1. The lowest BCUT2D eigenvalue weighted by Crippen LogP contribution is -2.56. The molecule has 6 nitrogen and oxygen atoms in total. The van der Waals surface area contributed by atoms with Crippen molar-refractivity contribution in [3.8, 4) is 11.8 Å². The van der Waals surface area contributed by atoms with Gasteiger partial charge in [-0.1, -0.05) is 23.3 Å². The lowest BCUT2D eigenvalue weighted by Gasteiger charge is -2.49. The Kier molecular flexibility index (Phi) is 5.26. The Bertz CT molecular complexity index is 1000. The average Bonchev–Trinajstić information content (AvgIpc) is 3.16. The number of nitrogens with one attached hydrogen (secondary N) is 1. The van der Waals surface area contributed by atoms with Gasteiger partial charge in [-0.3, -0.25) is 4.79 Å². The first-order valence-electron chi connectivity index (χ1n) is 10.0. The van der Waals surface area contributed by atoms with Crippen LogP contribution in [-0.4, -0.2) is 40.0 Å². The molecule has 2 aromatic rings. The molecule has 4 heterocycles. The first-order chi connectivity index (χ1) is 14.0. The Morgan fingerprint density at radius 2 is 2.14 bits per heavy atom. The number of carbonyl (C=O) groups excluding carboxylic acids is 1. The van der Waals surface area contributed by atoms with Crippen LogP contribution in [0.15, 0.2) is 24.0 Å². The second-order valence-corrected chi connectivity index (χ2v) is 8.41. The smallest absolute Gasteiger partial charge is 0.230 e. The zero-order valence-electron chi connectivity index (χ0n) is 16.9. The second kappa shape index (κ2) is 7.72. The van der Waals surface area contributed by atoms with Crippen LogP contribution >= 0.6 is 11.6 Å². The van der Waals surface area contributed by atoms with E-state index in [2.05, 4.69) is 29.0 Å². The number of H-pyrrole nitrogens is 1. The quantitative estimate of drug-likeness (QED) is 0.748. The standard InChI is InChI=1S/C22H25ClN4O2/c1-4-13-5-15-7-14(9-24)8-16(6-13)27(15)22(28)12(2)17-10-25-21-19(17)20(23)18(29-3)11-26-21/h4,10-12,14-16H,5-8H2,1-3H3,(H,25,26). The third kappa shape index (κ3) is 3.28. The third-order valence-electron chi connectivity index (χ3n) is 6.43. The molecule has 2 aliphatic heterocycles. The molecule has 0 aromatic carbocycles. The largest absolute Gasteiger partial charge is 0.494 e. The molecule has 152 valence electrons. The fraction of sp³-hybridized carbons (Fsp3) is 0.500. The number of rotatable bonds is 3. The number of nitrogens with zero attached hydrogens (tertiary/aromatic N) is 3. The molecule has 1 amide bonds. The Labute approximate surface area is 175 Å². The van der Waals surface area contributed by atoms with Gasteiger partial charge in [-0.2, -0.15) is 5.26 Å². The number of amides is 1. The normalized spacial score (nSPS) is 24.9. The molecule has 4 rings (SSSR count). The molecule has 2 fully saturated rings. The number of aromatic nitrogens is 2. The van der Waals surface area contributed by atoms with Crippen LogP contribution < -0.4 is 4.74 Å². The van der Waals surface area contributed by atoms with Gasteiger partial charge < -0.3 is 14.6 Å². The van der Waals surface area contributed by atoms with E-state index in [1.807, 2.05) is 18.0 Å². The van der Waals surface area contributed by atoms with Crippen LogP contribution in [-0.2, 0) is 4.79 Å². The van der Waals surface area contributed by atoms with E-state index in [0.717, 1.165) is 36.6 Å². The van der Waals surface area contributed by atoms with E-state index in [0.29, 0.717) is 16.4 Å². The number of hydrogen-bond acceptors (Lipinski definition) is 4. The molecule has 3 atom stereocenters. The van der Waals surface area contributed by atoms with Crippen LogP contribution in [0.1, 0.15) is 51.0 Å². The van der Waals surface area contributed by atoms with E-state index in [-0.39, 0.29) is 29.8 Å². The summed E-state index contributed by atoms with van der Waals surface area (Å²) in [7, 11) is 1.55. The summed E-state index contributed by atoms with van der Waals surface area (Å²) < 4.78 is 5.30. The van der Waals surface area contributed by atoms with Gasteiger partial charge >= 0.3 is 0 Å². The minimum absolute atomic E-state index is 0.0266. The van der Waals surface area contributed by atoms with Crippen molar-refractivity contribution in [3.63, 3.8) is 0 Å². The zero-order chi connectivity index (χ0) is 20.7. The highest BCUT2D eigenvalue weighted by molar-refractivity contribution is 6.37. The molecular formula is C22H25ClN4O2. The van der Waals surface area contributed by atoms with Crippen molar-refractivity contribution in [2.45, 2.75) is 57.5 Å². The topological polar surface area (TPSA) is 82.0 Å². The minimum Gasteiger partial charge on any atom is -0.494 e. The molecule has 2 bridgehead atoms. The minimum atomic E-state index is -0.369. The van der Waals surface area contributed by atoms with E-state index in [1.165, 1.54) is 5.57 Å². The number of methoxy groups -OCH3 is 1. The van der Waals surface area contributed by atoms with Gasteiger partial charge in [-0.15, -0.1) is 0 Å². The molecule has 1 N–H and O–H groups in total. The van der Waals surface area contributed by atoms with Crippen molar-refractivity contribution in [1.29, 1.82) is 5.26 Å². The predicted molar refractivity (Wildman–Crippen MR) is 112 cm³/mol. The van der Waals surface area contributed by atoms with Crippen molar-refractivity contribution in [2.24, 2.45) is 5.92 Å². The second-order valence-electron chi connectivity index (χ2n) is 8.04. The van der Waals surface area contributed by atoms with Gasteiger partial charge in [0.25, 0.3) is 0 Å². The highest BCUT2D eigenvalue weighted by Gasteiger charge is 2.43. The van der Waals surface area contributed by atoms with Crippen LogP contribution in [0.3, 0.4) is 0 Å². The summed E-state index contributed by atoms with van der Waals surface area (Å²) in [5, 5.41) is 10.6. The summed E-state index contributed by atoms with van der Waals surface area (Å²) in [5.41, 5.74) is 2.86. The summed E-state index contributed by atoms with van der Waals surface area (Å²) in [6, 6.07) is 2.59. The molecule has 2 saturated heterocycles. The van der Waals surface area contributed by atoms with Gasteiger partial charge in [-0.05, 0) is 45.1 Å². The average molecular weight is 413 g/mol. The molecule has 29 heavy (non-hydrogen) atoms. The molecule has 0 aliphatic carbocycles. The number of halogens is 1. The Hall–Kier alpha value is -2.52.